The van der Waals surface area contributed by atoms with Crippen LogP contribution in [0.25, 0.3) is 0 Å². The third kappa shape index (κ3) is 3.34. The van der Waals surface area contributed by atoms with Gasteiger partial charge in [-0.15, -0.1) is 10.2 Å². The largest absolute Gasteiger partial charge is 0.385 e. The number of nitrogens with one attached hydrogen (secondary N) is 2. The van der Waals surface area contributed by atoms with Crippen molar-refractivity contribution in [1.29, 1.82) is 0 Å². The Labute approximate surface area is 118 Å². The number of aromatic nitrogens is 3. The molecule has 2 N–H and O–H groups in total. The lowest BCUT2D eigenvalue weighted by molar-refractivity contribution is 0.0954. The molecule has 20 heavy (non-hydrogen) atoms. The second-order valence-corrected chi connectivity index (χ2v) is 4.44. The number of anilines is 1. The van der Waals surface area contributed by atoms with Crippen molar-refractivity contribution in [1.82, 2.24) is 20.1 Å². The van der Waals surface area contributed by atoms with Gasteiger partial charge in [0.25, 0.3) is 5.91 Å². The first-order valence-electron chi connectivity index (χ1n) is 6.66. The molecule has 0 saturated heterocycles. The average Bonchev–Trinajstić information content (AvgIpc) is 2.85. The van der Waals surface area contributed by atoms with Gasteiger partial charge < -0.3 is 15.2 Å². The lowest BCUT2D eigenvalue weighted by Crippen LogP contribution is -2.27. The van der Waals surface area contributed by atoms with Crippen molar-refractivity contribution in [2.45, 2.75) is 13.3 Å². The van der Waals surface area contributed by atoms with Gasteiger partial charge in [0.1, 0.15) is 12.2 Å². The Hall–Kier alpha value is -2.37. The quantitative estimate of drug-likeness (QED) is 0.830. The molecule has 0 spiro atoms. The highest BCUT2D eigenvalue weighted by Gasteiger charge is 2.10. The number of rotatable bonds is 6. The monoisotopic (exact) mass is 273 g/mol. The third-order valence-corrected chi connectivity index (χ3v) is 2.98. The number of hydrogen-bond donors (Lipinski definition) is 2. The summed E-state index contributed by atoms with van der Waals surface area (Å²) in [7, 11) is 1.89. The summed E-state index contributed by atoms with van der Waals surface area (Å²) in [5.41, 5.74) is 1.51. The van der Waals surface area contributed by atoms with Gasteiger partial charge in [-0.1, -0.05) is 12.1 Å². The van der Waals surface area contributed by atoms with Crippen LogP contribution in [0.2, 0.25) is 0 Å². The second-order valence-electron chi connectivity index (χ2n) is 4.44. The summed E-state index contributed by atoms with van der Waals surface area (Å²) in [5, 5.41) is 13.9. The van der Waals surface area contributed by atoms with Crippen molar-refractivity contribution in [3.05, 3.63) is 42.0 Å². The van der Waals surface area contributed by atoms with E-state index in [1.54, 1.807) is 6.33 Å². The number of amides is 1. The Morgan fingerprint density at radius 2 is 2.15 bits per heavy atom. The molecule has 6 nitrogen and oxygen atoms in total. The van der Waals surface area contributed by atoms with Gasteiger partial charge in [-0.3, -0.25) is 4.79 Å². The maximum absolute atomic E-state index is 12.2. The van der Waals surface area contributed by atoms with E-state index in [1.165, 1.54) is 0 Å². The summed E-state index contributed by atoms with van der Waals surface area (Å²) in [4.78, 5) is 12.2. The minimum atomic E-state index is -0.0799. The summed E-state index contributed by atoms with van der Waals surface area (Å²) < 4.78 is 1.85. The summed E-state index contributed by atoms with van der Waals surface area (Å²) in [5.74, 6) is 0.772. The molecule has 6 heteroatoms. The number of nitrogens with zero attached hydrogens (tertiary/aromatic N) is 3. The van der Waals surface area contributed by atoms with E-state index < -0.39 is 0 Å². The molecular weight excluding hydrogens is 254 g/mol. The lowest BCUT2D eigenvalue weighted by atomic mass is 10.1. The third-order valence-electron chi connectivity index (χ3n) is 2.98. The van der Waals surface area contributed by atoms with Crippen molar-refractivity contribution in [2.75, 3.05) is 18.4 Å². The minimum Gasteiger partial charge on any atom is -0.385 e. The Morgan fingerprint density at radius 3 is 2.85 bits per heavy atom. The number of aryl methyl sites for hydroxylation is 1. The highest BCUT2D eigenvalue weighted by Crippen LogP contribution is 2.14. The number of benzene rings is 1. The van der Waals surface area contributed by atoms with Gasteiger partial charge in [0.05, 0.1) is 5.56 Å². The van der Waals surface area contributed by atoms with E-state index in [9.17, 15) is 4.79 Å². The first-order chi connectivity index (χ1) is 9.72. The molecule has 1 amide bonds. The first-order valence-corrected chi connectivity index (χ1v) is 6.66. The Bertz CT molecular complexity index is 578. The predicted octanol–water partition coefficient (Wildman–Crippen LogP) is 1.22. The molecule has 0 aliphatic heterocycles. The summed E-state index contributed by atoms with van der Waals surface area (Å²) in [6.07, 6.45) is 2.31. The molecule has 106 valence electrons. The smallest absolute Gasteiger partial charge is 0.253 e. The predicted molar refractivity (Wildman–Crippen MR) is 77.6 cm³/mol. The fourth-order valence-electron chi connectivity index (χ4n) is 1.94. The molecule has 0 fully saturated rings. The molecule has 0 saturated carbocycles. The van der Waals surface area contributed by atoms with E-state index in [2.05, 4.69) is 20.8 Å². The van der Waals surface area contributed by atoms with Gasteiger partial charge in [-0.25, -0.2) is 0 Å². The highest BCUT2D eigenvalue weighted by atomic mass is 16.1. The molecule has 1 aromatic heterocycles. The van der Waals surface area contributed by atoms with Crippen molar-refractivity contribution >= 4 is 11.6 Å². The SMILES string of the molecule is CCNc1ccccc1C(=O)NCCc1nncn1C. The zero-order valence-corrected chi connectivity index (χ0v) is 11.8. The molecule has 2 rings (SSSR count). The van der Waals surface area contributed by atoms with Gasteiger partial charge in [0, 0.05) is 32.2 Å². The van der Waals surface area contributed by atoms with E-state index >= 15 is 0 Å². The normalized spacial score (nSPS) is 10.3. The first kappa shape index (κ1) is 14.0. The van der Waals surface area contributed by atoms with Crippen LogP contribution < -0.4 is 10.6 Å². The van der Waals surface area contributed by atoms with Crippen LogP contribution in [0.3, 0.4) is 0 Å². The fraction of sp³-hybridized carbons (Fsp3) is 0.357. The topological polar surface area (TPSA) is 71.8 Å². The van der Waals surface area contributed by atoms with Crippen molar-refractivity contribution < 1.29 is 4.79 Å². The molecule has 0 radical (unpaired) electrons. The number of carbonyl (C=O) groups is 1. The minimum absolute atomic E-state index is 0.0799. The van der Waals surface area contributed by atoms with E-state index in [1.807, 2.05) is 42.8 Å². The zero-order valence-electron chi connectivity index (χ0n) is 11.8. The second kappa shape index (κ2) is 6.70. The zero-order chi connectivity index (χ0) is 14.4. The van der Waals surface area contributed by atoms with Gasteiger partial charge in [0.2, 0.25) is 0 Å². The number of carbonyl (C=O) groups excluding carboxylic acids is 1. The van der Waals surface area contributed by atoms with Gasteiger partial charge in [-0.2, -0.15) is 0 Å². The van der Waals surface area contributed by atoms with Crippen molar-refractivity contribution in [2.24, 2.45) is 7.05 Å². The van der Waals surface area contributed by atoms with Crippen LogP contribution in [0, 0.1) is 0 Å². The summed E-state index contributed by atoms with van der Waals surface area (Å²) in [6.45, 7) is 3.32. The summed E-state index contributed by atoms with van der Waals surface area (Å²) in [6, 6.07) is 7.49. The van der Waals surface area contributed by atoms with Gasteiger partial charge in [0.15, 0.2) is 0 Å². The van der Waals surface area contributed by atoms with Crippen molar-refractivity contribution in [3.8, 4) is 0 Å². The molecule has 1 aromatic carbocycles. The highest BCUT2D eigenvalue weighted by molar-refractivity contribution is 5.99. The van der Waals surface area contributed by atoms with Crippen molar-refractivity contribution in [3.63, 3.8) is 0 Å². The van der Waals surface area contributed by atoms with Crippen LogP contribution in [0.15, 0.2) is 30.6 Å². The van der Waals surface area contributed by atoms with Crippen LogP contribution in [-0.4, -0.2) is 33.8 Å². The van der Waals surface area contributed by atoms with E-state index in [0.717, 1.165) is 18.1 Å². The van der Waals surface area contributed by atoms with Crippen LogP contribution in [0.4, 0.5) is 5.69 Å². The lowest BCUT2D eigenvalue weighted by Gasteiger charge is -2.10. The molecule has 0 aliphatic carbocycles. The van der Waals surface area contributed by atoms with E-state index in [-0.39, 0.29) is 5.91 Å². The van der Waals surface area contributed by atoms with Gasteiger partial charge >= 0.3 is 0 Å². The summed E-state index contributed by atoms with van der Waals surface area (Å²) >= 11 is 0. The van der Waals surface area contributed by atoms with Gasteiger partial charge in [-0.05, 0) is 19.1 Å². The number of hydrogen-bond acceptors (Lipinski definition) is 4. The van der Waals surface area contributed by atoms with E-state index in [4.69, 9.17) is 0 Å². The molecule has 0 bridgehead atoms. The maximum Gasteiger partial charge on any atom is 0.253 e. The van der Waals surface area contributed by atoms with Crippen LogP contribution in [-0.2, 0) is 13.5 Å². The fourth-order valence-corrected chi connectivity index (χ4v) is 1.94. The molecule has 2 aromatic rings. The van der Waals surface area contributed by atoms with Crippen LogP contribution >= 0.6 is 0 Å². The van der Waals surface area contributed by atoms with Crippen LogP contribution in [0.1, 0.15) is 23.1 Å². The molecule has 0 unspecified atom stereocenters. The molecule has 0 atom stereocenters. The van der Waals surface area contributed by atoms with E-state index in [0.29, 0.717) is 18.5 Å². The molecule has 1 heterocycles. The molecule has 0 aliphatic rings. The number of para-hydroxylation sites is 1. The van der Waals surface area contributed by atoms with Crippen LogP contribution in [0.5, 0.6) is 0 Å². The Balaban J connectivity index is 1.93. The Morgan fingerprint density at radius 1 is 1.35 bits per heavy atom. The standard InChI is InChI=1S/C14H19N5O/c1-3-15-12-7-5-4-6-11(12)14(20)16-9-8-13-18-17-10-19(13)2/h4-7,10,15H,3,8-9H2,1-2H3,(H,16,20). The average molecular weight is 273 g/mol. The maximum atomic E-state index is 12.2. The molecular formula is C14H19N5O. The Kier molecular flexibility index (Phi) is 4.70.